The highest BCUT2D eigenvalue weighted by Gasteiger charge is 2.28. The predicted octanol–water partition coefficient (Wildman–Crippen LogP) is 8.94. The summed E-state index contributed by atoms with van der Waals surface area (Å²) in [4.78, 5) is 0. The number of nitrogens with one attached hydrogen (secondary N) is 2. The van der Waals surface area contributed by atoms with Crippen molar-refractivity contribution in [2.45, 2.75) is 37.6 Å². The molecule has 4 N–H and O–H groups in total. The van der Waals surface area contributed by atoms with Gasteiger partial charge in [0, 0.05) is 48.3 Å². The first-order valence-electron chi connectivity index (χ1n) is 17.9. The fourth-order valence-corrected chi connectivity index (χ4v) is 7.96. The van der Waals surface area contributed by atoms with Crippen LogP contribution < -0.4 is 30.6 Å². The van der Waals surface area contributed by atoms with E-state index in [2.05, 4.69) is 138 Å². The third-order valence-corrected chi connectivity index (χ3v) is 10.5. The summed E-state index contributed by atoms with van der Waals surface area (Å²) in [6.07, 6.45) is 1.90. The Balaban J connectivity index is 0.986. The van der Waals surface area contributed by atoms with Crippen molar-refractivity contribution < 1.29 is 14.2 Å². The van der Waals surface area contributed by atoms with Crippen LogP contribution in [0.3, 0.4) is 0 Å². The van der Waals surface area contributed by atoms with Crippen LogP contribution in [-0.2, 0) is 19.3 Å². The maximum Gasteiger partial charge on any atom is 0.141 e. The van der Waals surface area contributed by atoms with Gasteiger partial charge >= 0.3 is 0 Å². The second-order valence-electron chi connectivity index (χ2n) is 13.6. The van der Waals surface area contributed by atoms with Crippen LogP contribution in [0.1, 0.15) is 68.4 Å². The van der Waals surface area contributed by atoms with Crippen molar-refractivity contribution in [1.29, 1.82) is 0 Å². The summed E-state index contributed by atoms with van der Waals surface area (Å²) in [5.74, 6) is 2.72. The summed E-state index contributed by atoms with van der Waals surface area (Å²) in [6, 6.07) is 46.7. The largest absolute Gasteiger partial charge is 0.484 e. The van der Waals surface area contributed by atoms with Gasteiger partial charge in [0.25, 0.3) is 0 Å². The summed E-state index contributed by atoms with van der Waals surface area (Å²) in [5.41, 5.74) is 19.2. The Morgan fingerprint density at radius 1 is 0.431 bits per heavy atom. The molecule has 6 aromatic carbocycles. The lowest BCUT2D eigenvalue weighted by molar-refractivity contribution is 0.214. The number of benzene rings is 6. The minimum Gasteiger partial charge on any atom is -0.484 e. The van der Waals surface area contributed by atoms with Gasteiger partial charge in [0.2, 0.25) is 0 Å². The minimum absolute atomic E-state index is 0.131. The zero-order valence-corrected chi connectivity index (χ0v) is 28.5. The fraction of sp³-hybridized carbons (Fsp3) is 0.200. The van der Waals surface area contributed by atoms with Crippen LogP contribution in [0.15, 0.2) is 133 Å². The molecule has 0 radical (unpaired) electrons. The topological polar surface area (TPSA) is 77.8 Å². The maximum absolute atomic E-state index is 6.94. The SMILES string of the molecule is NCC1Oc2cccc(NC[C@@H]3Oc4cccc(NC[C@H]5Oc6ccccc6Cc6ccccc65)c4Cc4ccccc43)c2Cc2ccccc21. The van der Waals surface area contributed by atoms with Gasteiger partial charge in [-0.15, -0.1) is 0 Å². The molecule has 0 fully saturated rings. The van der Waals surface area contributed by atoms with E-state index in [1.807, 2.05) is 6.07 Å². The van der Waals surface area contributed by atoms with Gasteiger partial charge in [-0.05, 0) is 69.3 Å². The van der Waals surface area contributed by atoms with Crippen LogP contribution in [0.4, 0.5) is 11.4 Å². The Labute approximate surface area is 299 Å². The summed E-state index contributed by atoms with van der Waals surface area (Å²) in [5, 5.41) is 7.56. The molecule has 1 unspecified atom stereocenters. The van der Waals surface area contributed by atoms with Crippen LogP contribution >= 0.6 is 0 Å². The van der Waals surface area contributed by atoms with Crippen molar-refractivity contribution in [2.24, 2.45) is 5.73 Å². The van der Waals surface area contributed by atoms with E-state index in [0.717, 1.165) is 64.6 Å². The van der Waals surface area contributed by atoms with Crippen LogP contribution in [-0.4, -0.2) is 19.6 Å². The van der Waals surface area contributed by atoms with E-state index in [9.17, 15) is 0 Å². The van der Waals surface area contributed by atoms with Gasteiger partial charge < -0.3 is 30.6 Å². The highest BCUT2D eigenvalue weighted by Crippen LogP contribution is 2.41. The Morgan fingerprint density at radius 2 is 0.843 bits per heavy atom. The molecule has 0 amide bonds. The number of anilines is 2. The van der Waals surface area contributed by atoms with Crippen LogP contribution in [0.25, 0.3) is 0 Å². The molecule has 3 atom stereocenters. The number of ether oxygens (including phenoxy) is 3. The van der Waals surface area contributed by atoms with E-state index in [1.165, 1.54) is 33.4 Å². The van der Waals surface area contributed by atoms with Crippen molar-refractivity contribution in [3.63, 3.8) is 0 Å². The van der Waals surface area contributed by atoms with Crippen molar-refractivity contribution in [1.82, 2.24) is 0 Å². The van der Waals surface area contributed by atoms with E-state index in [-0.39, 0.29) is 18.3 Å². The molecule has 6 aromatic rings. The van der Waals surface area contributed by atoms with Crippen molar-refractivity contribution in [3.05, 3.63) is 184 Å². The molecule has 9 rings (SSSR count). The molecular weight excluding hydrogens is 631 g/mol. The molecule has 3 aliphatic heterocycles. The monoisotopic (exact) mass is 671 g/mol. The minimum atomic E-state index is -0.196. The standard InChI is InChI=1S/C45H41N3O3/c46-26-43-33-15-5-2-12-30(33)24-36-38(18-9-21-41(36)50-43)48-28-45-35-17-7-3-13-31(35)25-37-39(19-10-22-42(37)51-45)47-27-44-34-16-6-1-11-29(34)23-32-14-4-8-20-40(32)49-44/h1-22,43-45,47-48H,23-28,46H2/t43?,44-,45+/m1/s1. The summed E-state index contributed by atoms with van der Waals surface area (Å²) >= 11 is 0. The molecule has 6 nitrogen and oxygen atoms in total. The Bertz CT molecular complexity index is 2210. The van der Waals surface area contributed by atoms with E-state index < -0.39 is 0 Å². The molecule has 254 valence electrons. The van der Waals surface area contributed by atoms with E-state index >= 15 is 0 Å². The summed E-state index contributed by atoms with van der Waals surface area (Å²) in [7, 11) is 0. The molecule has 0 saturated carbocycles. The number of para-hydroxylation sites is 1. The lowest BCUT2D eigenvalue weighted by Crippen LogP contribution is -2.20. The lowest BCUT2D eigenvalue weighted by Gasteiger charge is -2.23. The van der Waals surface area contributed by atoms with Gasteiger partial charge in [0.1, 0.15) is 35.6 Å². The third kappa shape index (κ3) is 6.06. The molecule has 0 aliphatic carbocycles. The molecular formula is C45H41N3O3. The van der Waals surface area contributed by atoms with Gasteiger partial charge in [-0.2, -0.15) is 0 Å². The number of rotatable bonds is 7. The normalized spacial score (nSPS) is 18.2. The van der Waals surface area contributed by atoms with Gasteiger partial charge in [-0.3, -0.25) is 0 Å². The Hall–Kier alpha value is -5.72. The summed E-state index contributed by atoms with van der Waals surface area (Å²) in [6.45, 7) is 1.65. The molecule has 0 saturated heterocycles. The second-order valence-corrected chi connectivity index (χ2v) is 13.6. The molecule has 6 heteroatoms. The van der Waals surface area contributed by atoms with E-state index in [0.29, 0.717) is 19.6 Å². The van der Waals surface area contributed by atoms with Gasteiger partial charge in [-0.1, -0.05) is 103 Å². The smallest absolute Gasteiger partial charge is 0.141 e. The van der Waals surface area contributed by atoms with Crippen LogP contribution in [0, 0.1) is 0 Å². The van der Waals surface area contributed by atoms with Crippen LogP contribution in [0.2, 0.25) is 0 Å². The highest BCUT2D eigenvalue weighted by atomic mass is 16.5. The van der Waals surface area contributed by atoms with Gasteiger partial charge in [-0.25, -0.2) is 0 Å². The number of fused-ring (bicyclic) bond motifs is 6. The Kier molecular flexibility index (Phi) is 8.30. The maximum atomic E-state index is 6.94. The molecule has 3 aliphatic rings. The summed E-state index contributed by atoms with van der Waals surface area (Å²) < 4.78 is 20.1. The highest BCUT2D eigenvalue weighted by molar-refractivity contribution is 5.63. The van der Waals surface area contributed by atoms with Crippen molar-refractivity contribution in [3.8, 4) is 17.2 Å². The van der Waals surface area contributed by atoms with Crippen molar-refractivity contribution >= 4 is 11.4 Å². The fourth-order valence-electron chi connectivity index (χ4n) is 7.96. The molecule has 0 aromatic heterocycles. The van der Waals surface area contributed by atoms with E-state index in [1.54, 1.807) is 0 Å². The zero-order valence-electron chi connectivity index (χ0n) is 28.5. The predicted molar refractivity (Wildman–Crippen MR) is 203 cm³/mol. The van der Waals surface area contributed by atoms with Gasteiger partial charge in [0.15, 0.2) is 0 Å². The average molecular weight is 672 g/mol. The second kappa shape index (κ2) is 13.5. The number of nitrogens with two attached hydrogens (primary N) is 1. The first kappa shape index (κ1) is 31.3. The third-order valence-electron chi connectivity index (χ3n) is 10.5. The lowest BCUT2D eigenvalue weighted by atomic mass is 9.95. The molecule has 51 heavy (non-hydrogen) atoms. The molecule has 0 spiro atoms. The first-order chi connectivity index (χ1) is 25.2. The van der Waals surface area contributed by atoms with E-state index in [4.69, 9.17) is 19.9 Å². The average Bonchev–Trinajstić information content (AvgIpc) is 3.53. The van der Waals surface area contributed by atoms with Crippen LogP contribution in [0.5, 0.6) is 17.2 Å². The number of hydrogen-bond donors (Lipinski definition) is 3. The molecule has 3 heterocycles. The number of hydrogen-bond acceptors (Lipinski definition) is 6. The molecule has 0 bridgehead atoms. The Morgan fingerprint density at radius 3 is 1.39 bits per heavy atom. The zero-order chi connectivity index (χ0) is 34.1. The quantitative estimate of drug-likeness (QED) is 0.157. The van der Waals surface area contributed by atoms with Gasteiger partial charge in [0.05, 0.1) is 13.1 Å². The van der Waals surface area contributed by atoms with Crippen molar-refractivity contribution in [2.75, 3.05) is 30.3 Å². The first-order valence-corrected chi connectivity index (χ1v) is 17.9.